The predicted octanol–water partition coefficient (Wildman–Crippen LogP) is 3.54. The number of likely N-dealkylation sites (tertiary alicyclic amines) is 1. The summed E-state index contributed by atoms with van der Waals surface area (Å²) in [5, 5.41) is 0. The minimum absolute atomic E-state index is 0.0279. The molecular formula is C23H31NO5. The lowest BCUT2D eigenvalue weighted by Gasteiger charge is -2.31. The van der Waals surface area contributed by atoms with Gasteiger partial charge >= 0.3 is 11.9 Å². The molecule has 2 rings (SSSR count). The van der Waals surface area contributed by atoms with Gasteiger partial charge in [0.1, 0.15) is 6.10 Å². The van der Waals surface area contributed by atoms with Crippen LogP contribution in [0.15, 0.2) is 35.4 Å². The summed E-state index contributed by atoms with van der Waals surface area (Å²) < 4.78 is 10.2. The lowest BCUT2D eigenvalue weighted by molar-refractivity contribution is -0.148. The number of esters is 2. The molecule has 1 fully saturated rings. The van der Waals surface area contributed by atoms with E-state index in [9.17, 15) is 14.4 Å². The molecule has 0 unspecified atom stereocenters. The second-order valence-corrected chi connectivity index (χ2v) is 7.78. The van der Waals surface area contributed by atoms with Crippen molar-refractivity contribution >= 4 is 17.8 Å². The van der Waals surface area contributed by atoms with Crippen LogP contribution in [0.2, 0.25) is 0 Å². The zero-order valence-corrected chi connectivity index (χ0v) is 18.0. The lowest BCUT2D eigenvalue weighted by atomic mass is 9.94. The molecule has 1 aromatic carbocycles. The number of rotatable bonds is 6. The van der Waals surface area contributed by atoms with E-state index >= 15 is 0 Å². The van der Waals surface area contributed by atoms with Gasteiger partial charge in [0.2, 0.25) is 0 Å². The van der Waals surface area contributed by atoms with Crippen LogP contribution in [0.1, 0.15) is 56.5 Å². The fraction of sp³-hybridized carbons (Fsp3) is 0.522. The zero-order chi connectivity index (χ0) is 21.6. The van der Waals surface area contributed by atoms with Crippen molar-refractivity contribution in [3.05, 3.63) is 46.5 Å². The van der Waals surface area contributed by atoms with E-state index in [-0.39, 0.29) is 29.9 Å². The van der Waals surface area contributed by atoms with Crippen molar-refractivity contribution in [3.63, 3.8) is 0 Å². The summed E-state index contributed by atoms with van der Waals surface area (Å²) >= 11 is 0. The van der Waals surface area contributed by atoms with E-state index in [1.54, 1.807) is 17.0 Å². The Kier molecular flexibility index (Phi) is 8.00. The van der Waals surface area contributed by atoms with Crippen LogP contribution in [0, 0.1) is 5.92 Å². The van der Waals surface area contributed by atoms with Gasteiger partial charge in [-0.2, -0.15) is 0 Å². The van der Waals surface area contributed by atoms with Crippen molar-refractivity contribution in [2.24, 2.45) is 5.92 Å². The van der Waals surface area contributed by atoms with Gasteiger partial charge in [-0.25, -0.2) is 4.79 Å². The standard InChI is InChI=1S/C23H31NO5/c1-15(2)16(3)21(23(27)28-5)14-18-6-8-19(9-7-18)22(26)24-12-10-20(11-13-24)29-17(4)25/h6-9,15,20H,10-14H2,1-5H3/b21-16+. The number of allylic oxidation sites excluding steroid dienone is 1. The highest BCUT2D eigenvalue weighted by Gasteiger charge is 2.25. The molecule has 0 aromatic heterocycles. The monoisotopic (exact) mass is 401 g/mol. The molecular weight excluding hydrogens is 370 g/mol. The van der Waals surface area contributed by atoms with Crippen molar-refractivity contribution in [1.29, 1.82) is 0 Å². The SMILES string of the molecule is COC(=O)/C(Cc1ccc(C(=O)N2CCC(OC(C)=O)CC2)cc1)=C(\C)C(C)C. The van der Waals surface area contributed by atoms with Crippen LogP contribution >= 0.6 is 0 Å². The van der Waals surface area contributed by atoms with Crippen molar-refractivity contribution in [2.45, 2.75) is 53.1 Å². The molecule has 6 nitrogen and oxygen atoms in total. The van der Waals surface area contributed by atoms with Gasteiger partial charge in [-0.1, -0.05) is 31.6 Å². The van der Waals surface area contributed by atoms with Crippen LogP contribution in [0.5, 0.6) is 0 Å². The summed E-state index contributed by atoms with van der Waals surface area (Å²) in [4.78, 5) is 37.8. The second-order valence-electron chi connectivity index (χ2n) is 7.78. The van der Waals surface area contributed by atoms with E-state index in [4.69, 9.17) is 9.47 Å². The van der Waals surface area contributed by atoms with Gasteiger partial charge in [0, 0.05) is 50.4 Å². The Morgan fingerprint density at radius 3 is 2.14 bits per heavy atom. The highest BCUT2D eigenvalue weighted by molar-refractivity contribution is 5.94. The lowest BCUT2D eigenvalue weighted by Crippen LogP contribution is -2.41. The summed E-state index contributed by atoms with van der Waals surface area (Å²) in [6.45, 7) is 8.59. The summed E-state index contributed by atoms with van der Waals surface area (Å²) in [7, 11) is 1.39. The maximum Gasteiger partial charge on any atom is 0.334 e. The van der Waals surface area contributed by atoms with Crippen LogP contribution < -0.4 is 0 Å². The number of carbonyl (C=O) groups excluding carboxylic acids is 3. The van der Waals surface area contributed by atoms with Crippen LogP contribution in [0.3, 0.4) is 0 Å². The smallest absolute Gasteiger partial charge is 0.334 e. The quantitative estimate of drug-likeness (QED) is 0.538. The third-order valence-corrected chi connectivity index (χ3v) is 5.42. The van der Waals surface area contributed by atoms with E-state index in [0.29, 0.717) is 43.5 Å². The first-order valence-corrected chi connectivity index (χ1v) is 10.1. The molecule has 0 atom stereocenters. The molecule has 0 radical (unpaired) electrons. The summed E-state index contributed by atoms with van der Waals surface area (Å²) in [5.74, 6) is -0.370. The van der Waals surface area contributed by atoms with Crippen molar-refractivity contribution in [3.8, 4) is 0 Å². The second kappa shape index (κ2) is 10.2. The van der Waals surface area contributed by atoms with E-state index in [1.165, 1.54) is 14.0 Å². The van der Waals surface area contributed by atoms with Gasteiger partial charge in [-0.05, 0) is 30.5 Å². The third kappa shape index (κ3) is 6.17. The Labute approximate surface area is 172 Å². The summed E-state index contributed by atoms with van der Waals surface area (Å²) in [5.41, 5.74) is 3.24. The normalized spacial score (nSPS) is 15.7. The Morgan fingerprint density at radius 2 is 1.66 bits per heavy atom. The minimum atomic E-state index is -0.313. The van der Waals surface area contributed by atoms with E-state index in [1.807, 2.05) is 32.9 Å². The molecule has 1 aliphatic rings. The van der Waals surface area contributed by atoms with Crippen molar-refractivity contribution < 1.29 is 23.9 Å². The number of benzene rings is 1. The Bertz CT molecular complexity index is 771. The maximum absolute atomic E-state index is 12.7. The molecule has 6 heteroatoms. The summed E-state index contributed by atoms with van der Waals surface area (Å²) in [6.07, 6.45) is 1.68. The minimum Gasteiger partial charge on any atom is -0.466 e. The largest absolute Gasteiger partial charge is 0.466 e. The number of hydrogen-bond donors (Lipinski definition) is 0. The number of methoxy groups -OCH3 is 1. The molecule has 29 heavy (non-hydrogen) atoms. The average Bonchev–Trinajstić information content (AvgIpc) is 2.71. The van der Waals surface area contributed by atoms with Crippen LogP contribution in [0.25, 0.3) is 0 Å². The molecule has 1 heterocycles. The first-order chi connectivity index (χ1) is 13.7. The number of piperidine rings is 1. The number of carbonyl (C=O) groups is 3. The Balaban J connectivity index is 2.04. The van der Waals surface area contributed by atoms with E-state index in [2.05, 4.69) is 0 Å². The van der Waals surface area contributed by atoms with Crippen molar-refractivity contribution in [2.75, 3.05) is 20.2 Å². The topological polar surface area (TPSA) is 72.9 Å². The van der Waals surface area contributed by atoms with Gasteiger partial charge in [0.05, 0.1) is 7.11 Å². The third-order valence-electron chi connectivity index (χ3n) is 5.42. The molecule has 0 N–H and O–H groups in total. The van der Waals surface area contributed by atoms with E-state index < -0.39 is 0 Å². The van der Waals surface area contributed by atoms with Gasteiger partial charge < -0.3 is 14.4 Å². The molecule has 1 aromatic rings. The molecule has 1 saturated heterocycles. The van der Waals surface area contributed by atoms with E-state index in [0.717, 1.165) is 11.1 Å². The highest BCUT2D eigenvalue weighted by atomic mass is 16.5. The number of amides is 1. The number of ether oxygens (including phenoxy) is 2. The highest BCUT2D eigenvalue weighted by Crippen LogP contribution is 2.21. The first-order valence-electron chi connectivity index (χ1n) is 10.1. The van der Waals surface area contributed by atoms with Crippen molar-refractivity contribution in [1.82, 2.24) is 4.90 Å². The maximum atomic E-state index is 12.7. The first kappa shape index (κ1) is 22.7. The number of hydrogen-bond acceptors (Lipinski definition) is 5. The van der Waals surface area contributed by atoms with Gasteiger partial charge in [-0.15, -0.1) is 0 Å². The van der Waals surface area contributed by atoms with Gasteiger partial charge in [0.15, 0.2) is 0 Å². The molecule has 0 bridgehead atoms. The molecule has 0 saturated carbocycles. The number of nitrogens with zero attached hydrogens (tertiary/aromatic N) is 1. The van der Waals surface area contributed by atoms with Crippen LogP contribution in [0.4, 0.5) is 0 Å². The fourth-order valence-corrected chi connectivity index (χ4v) is 3.41. The van der Waals surface area contributed by atoms with Gasteiger partial charge in [-0.3, -0.25) is 9.59 Å². The van der Waals surface area contributed by atoms with Gasteiger partial charge in [0.25, 0.3) is 5.91 Å². The average molecular weight is 402 g/mol. The molecule has 0 aliphatic carbocycles. The molecule has 1 amide bonds. The molecule has 1 aliphatic heterocycles. The fourth-order valence-electron chi connectivity index (χ4n) is 3.41. The molecule has 0 spiro atoms. The summed E-state index contributed by atoms with van der Waals surface area (Å²) in [6, 6.07) is 7.37. The Hall–Kier alpha value is -2.63. The molecule has 158 valence electrons. The Morgan fingerprint density at radius 1 is 1.07 bits per heavy atom. The van der Waals surface area contributed by atoms with Crippen LogP contribution in [-0.2, 0) is 25.5 Å². The zero-order valence-electron chi connectivity index (χ0n) is 18.0. The van der Waals surface area contributed by atoms with Crippen LogP contribution in [-0.4, -0.2) is 49.0 Å². The predicted molar refractivity (Wildman–Crippen MR) is 110 cm³/mol.